The van der Waals surface area contributed by atoms with Crippen LogP contribution in [0.1, 0.15) is 125 Å². The number of nitrogens with zero attached hydrogens (tertiary/aromatic N) is 4. The average molecular weight is 1160 g/mol. The van der Waals surface area contributed by atoms with Gasteiger partial charge in [-0.2, -0.15) is 0 Å². The Labute approximate surface area is 447 Å². The summed E-state index contributed by atoms with van der Waals surface area (Å²) in [7, 11) is -2.10. The number of benzene rings is 2. The highest BCUT2D eigenvalue weighted by molar-refractivity contribution is 14.1. The number of alkyl halides is 1. The maximum atomic E-state index is 14.3. The number of rotatable bonds is 20. The molecule has 2 aromatic heterocycles. The van der Waals surface area contributed by atoms with Crippen molar-refractivity contribution in [2.24, 2.45) is 18.9 Å². The van der Waals surface area contributed by atoms with Crippen molar-refractivity contribution in [3.05, 3.63) is 86.0 Å². The third-order valence-electron chi connectivity index (χ3n) is 15.1. The lowest BCUT2D eigenvalue weighted by Crippen LogP contribution is -2.52. The van der Waals surface area contributed by atoms with Gasteiger partial charge in [0.25, 0.3) is 23.3 Å². The van der Waals surface area contributed by atoms with Crippen LogP contribution in [0, 0.1) is 11.8 Å². The lowest BCUT2D eigenvalue weighted by molar-refractivity contribution is -0.140. The van der Waals surface area contributed by atoms with E-state index in [1.54, 1.807) is 37.5 Å². The van der Waals surface area contributed by atoms with Gasteiger partial charge in [0.2, 0.25) is 29.5 Å². The van der Waals surface area contributed by atoms with Crippen LogP contribution in [0.5, 0.6) is 0 Å². The molecule has 3 atom stereocenters. The molecule has 6 heterocycles. The first kappa shape index (κ1) is 53.4. The molecule has 0 bridgehead atoms. The molecular weight excluding hydrogens is 1100 g/mol. The lowest BCUT2D eigenvalue weighted by atomic mass is 9.89. The number of pyridine rings is 1. The monoisotopic (exact) mass is 1160 g/mol. The zero-order valence-corrected chi connectivity index (χ0v) is 45.5. The standard InChI is InChI=1S/C53H62IN9O11S/c1-5-16-53(2,54)38-23-43(66)62(51(38)71)20-15-41(64)55-18-19-57-49(69)45-37-26-61(24-29-11-12-29)40-22-33(31(28-75(4,73)74)21-34(40)36-25-60(3)52(72)46(59-45)44(36)37)47(67)56-17-7-9-30-8-6-10-32-35(30)27-63(50(32)70)39-13-14-42(65)58-48(39)68/h6,8,10,21-22,25,29,38-39,59H,5,7,9,11-20,23-24,26-28H2,1-4H3,(H,55,64)(H,56,67)(H,57,69)(H,58,65,68). The van der Waals surface area contributed by atoms with Gasteiger partial charge in [0, 0.05) is 127 Å². The van der Waals surface area contributed by atoms with Crippen LogP contribution >= 0.6 is 22.6 Å². The van der Waals surface area contributed by atoms with Gasteiger partial charge in [-0.15, -0.1) is 0 Å². The van der Waals surface area contributed by atoms with Crippen molar-refractivity contribution in [1.82, 2.24) is 40.6 Å². The topological polar surface area (TPSA) is 266 Å². The van der Waals surface area contributed by atoms with E-state index in [9.17, 15) is 51.6 Å². The fourth-order valence-electron chi connectivity index (χ4n) is 11.1. The number of carbonyl (C=O) groups excluding carboxylic acids is 8. The number of carbonyl (C=O) groups is 8. The van der Waals surface area contributed by atoms with Crippen molar-refractivity contribution in [3.63, 3.8) is 0 Å². The molecule has 20 nitrogen and oxygen atoms in total. The Hall–Kier alpha value is -6.43. The molecule has 1 aliphatic carbocycles. The zero-order valence-electron chi connectivity index (χ0n) is 42.5. The molecule has 3 fully saturated rings. The van der Waals surface area contributed by atoms with Crippen molar-refractivity contribution in [2.45, 2.75) is 106 Å². The van der Waals surface area contributed by atoms with E-state index in [-0.39, 0.29) is 120 Å². The summed E-state index contributed by atoms with van der Waals surface area (Å²) in [5.74, 6) is -3.67. The number of anilines is 1. The normalized spacial score (nSPS) is 19.2. The summed E-state index contributed by atoms with van der Waals surface area (Å²) in [6.45, 7) is 5.19. The van der Waals surface area contributed by atoms with E-state index in [1.807, 2.05) is 19.9 Å². The van der Waals surface area contributed by atoms with Gasteiger partial charge in [0.05, 0.1) is 11.7 Å². The number of sulfone groups is 1. The summed E-state index contributed by atoms with van der Waals surface area (Å²) >= 11 is 2.25. The second-order valence-corrected chi connectivity index (χ2v) is 25.4. The van der Waals surface area contributed by atoms with Crippen LogP contribution in [0.4, 0.5) is 5.69 Å². The van der Waals surface area contributed by atoms with Crippen molar-refractivity contribution in [1.29, 1.82) is 0 Å². The van der Waals surface area contributed by atoms with Gasteiger partial charge in [-0.1, -0.05) is 48.1 Å². The lowest BCUT2D eigenvalue weighted by Gasteiger charge is -2.29. The van der Waals surface area contributed by atoms with E-state index in [4.69, 9.17) is 0 Å². The van der Waals surface area contributed by atoms with Gasteiger partial charge in [0.15, 0.2) is 9.84 Å². The maximum Gasteiger partial charge on any atom is 0.274 e. The highest BCUT2D eigenvalue weighted by atomic mass is 127. The smallest absolute Gasteiger partial charge is 0.274 e. The summed E-state index contributed by atoms with van der Waals surface area (Å²) in [5.41, 5.74) is 4.87. The van der Waals surface area contributed by atoms with Gasteiger partial charge < -0.3 is 35.3 Å². The summed E-state index contributed by atoms with van der Waals surface area (Å²) in [6.07, 6.45) is 7.72. The molecule has 4 aliphatic heterocycles. The van der Waals surface area contributed by atoms with Crippen LogP contribution < -0.4 is 31.7 Å². The number of hydrogen-bond donors (Lipinski definition) is 5. The Kier molecular flexibility index (Phi) is 15.2. The Morgan fingerprint density at radius 2 is 1.64 bits per heavy atom. The Morgan fingerprint density at radius 3 is 2.36 bits per heavy atom. The van der Waals surface area contributed by atoms with Gasteiger partial charge >= 0.3 is 0 Å². The van der Waals surface area contributed by atoms with E-state index >= 15 is 0 Å². The second kappa shape index (κ2) is 21.3. The van der Waals surface area contributed by atoms with Gasteiger partial charge in [-0.25, -0.2) is 8.42 Å². The SMILES string of the molecule is CCCC(C)(I)C1CC(=O)N(CCC(=O)NCCNC(=O)c2[nH]c3c(=O)n(C)cc4c3c2CN(CC2CC2)c2cc(C(=O)NCCCc3cccc5c3CN(C3CCC(=O)NC3=O)C5=O)c(CS(C)(=O)=O)cc2-4)C1=O. The molecule has 22 heteroatoms. The maximum absolute atomic E-state index is 14.3. The molecule has 8 amide bonds. The first-order valence-corrected chi connectivity index (χ1v) is 28.7. The molecule has 398 valence electrons. The van der Waals surface area contributed by atoms with Crippen molar-refractivity contribution in [2.75, 3.05) is 43.9 Å². The Balaban J connectivity index is 0.906. The number of piperidine rings is 1. The average Bonchev–Trinajstić information content (AvgIpc) is 3.95. The minimum Gasteiger partial charge on any atom is -0.366 e. The van der Waals surface area contributed by atoms with Crippen LogP contribution in [-0.2, 0) is 66.1 Å². The van der Waals surface area contributed by atoms with Crippen LogP contribution in [-0.4, -0.2) is 123 Å². The number of aromatic nitrogens is 2. The number of hydrogen-bond acceptors (Lipinski definition) is 12. The first-order chi connectivity index (χ1) is 35.6. The third-order valence-corrected chi connectivity index (χ3v) is 17.2. The fourth-order valence-corrected chi connectivity index (χ4v) is 12.9. The largest absolute Gasteiger partial charge is 0.366 e. The molecule has 2 saturated heterocycles. The van der Waals surface area contributed by atoms with Crippen molar-refractivity contribution >= 4 is 96.3 Å². The molecule has 1 saturated carbocycles. The third kappa shape index (κ3) is 11.1. The molecule has 0 radical (unpaired) electrons. The van der Waals surface area contributed by atoms with Gasteiger partial charge in [0.1, 0.15) is 17.3 Å². The quantitative estimate of drug-likeness (QED) is 0.0368. The van der Waals surface area contributed by atoms with Gasteiger partial charge in [-0.05, 0) is 86.3 Å². The van der Waals surface area contributed by atoms with E-state index in [0.717, 1.165) is 43.1 Å². The molecule has 0 spiro atoms. The number of imide groups is 2. The van der Waals surface area contributed by atoms with Crippen LogP contribution in [0.2, 0.25) is 0 Å². The number of likely N-dealkylation sites (tertiary alicyclic amines) is 1. The van der Waals surface area contributed by atoms with Crippen molar-refractivity contribution in [3.8, 4) is 11.1 Å². The number of amides is 8. The summed E-state index contributed by atoms with van der Waals surface area (Å²) in [6, 6.07) is 8.07. The number of nitrogens with one attached hydrogen (secondary N) is 5. The minimum atomic E-state index is -3.69. The van der Waals surface area contributed by atoms with Crippen molar-refractivity contribution < 1.29 is 46.8 Å². The molecular formula is C53H62IN9O11S. The van der Waals surface area contributed by atoms with Crippen LogP contribution in [0.15, 0.2) is 41.3 Å². The van der Waals surface area contributed by atoms with E-state index in [2.05, 4.69) is 53.7 Å². The van der Waals surface area contributed by atoms with E-state index in [1.165, 1.54) is 14.4 Å². The molecule has 2 aromatic carbocycles. The predicted molar refractivity (Wildman–Crippen MR) is 287 cm³/mol. The van der Waals surface area contributed by atoms with Gasteiger partial charge in [-0.3, -0.25) is 53.4 Å². The molecule has 75 heavy (non-hydrogen) atoms. The predicted octanol–water partition coefficient (Wildman–Crippen LogP) is 3.54. The highest BCUT2D eigenvalue weighted by Gasteiger charge is 2.47. The minimum absolute atomic E-state index is 0.0217. The fraction of sp³-hybridized carbons (Fsp3) is 0.491. The number of aryl methyl sites for hydroxylation is 2. The molecule has 3 unspecified atom stereocenters. The number of halogens is 1. The molecule has 4 aromatic rings. The number of fused-ring (bicyclic) bond motifs is 3. The van der Waals surface area contributed by atoms with E-state index < -0.39 is 51.2 Å². The zero-order chi connectivity index (χ0) is 53.7. The van der Waals surface area contributed by atoms with E-state index in [0.29, 0.717) is 58.6 Å². The highest BCUT2D eigenvalue weighted by Crippen LogP contribution is 2.45. The molecule has 5 N–H and O–H groups in total. The van der Waals surface area contributed by atoms with Crippen LogP contribution in [0.3, 0.4) is 0 Å². The second-order valence-electron chi connectivity index (χ2n) is 20.8. The summed E-state index contributed by atoms with van der Waals surface area (Å²) in [4.78, 5) is 127. The Bertz CT molecular complexity index is 3250. The first-order valence-electron chi connectivity index (χ1n) is 25.6. The molecule has 5 aliphatic rings. The van der Waals surface area contributed by atoms with Crippen LogP contribution in [0.25, 0.3) is 22.0 Å². The number of aromatic amines is 1. The molecule has 9 rings (SSSR count). The summed E-state index contributed by atoms with van der Waals surface area (Å²) < 4.78 is 27.1. The number of H-pyrrole nitrogens is 1. The Morgan fingerprint density at radius 1 is 0.893 bits per heavy atom. The summed E-state index contributed by atoms with van der Waals surface area (Å²) in [5, 5.41) is 11.4.